The molecule has 2 aromatic rings. The number of guanidine groups is 1. The number of nitrogens with zero attached hydrogens (tertiary/aromatic N) is 1. The first-order valence-electron chi connectivity index (χ1n) is 5.21. The smallest absolute Gasteiger partial charge is 0.197 e. The average Bonchev–Trinajstić information content (AvgIpc) is 2.75. The van der Waals surface area contributed by atoms with Crippen molar-refractivity contribution < 1.29 is 0 Å². The molecule has 1 aliphatic heterocycles. The van der Waals surface area contributed by atoms with Crippen molar-refractivity contribution in [3.05, 3.63) is 36.0 Å². The van der Waals surface area contributed by atoms with Crippen LogP contribution in [0.4, 0.5) is 0 Å². The maximum absolute atomic E-state index is 5.68. The molecule has 0 amide bonds. The molecule has 2 heterocycles. The number of thiocarbonyl (C=S) groups is 1. The maximum atomic E-state index is 5.68. The quantitative estimate of drug-likeness (QED) is 0.564. The number of hydrogen-bond donors (Lipinski definition) is 4. The molecule has 17 heavy (non-hydrogen) atoms. The summed E-state index contributed by atoms with van der Waals surface area (Å²) in [5, 5.41) is 7.46. The van der Waals surface area contributed by atoms with Crippen LogP contribution in [0.1, 0.15) is 11.7 Å². The maximum Gasteiger partial charge on any atom is 0.197 e. The average molecular weight is 245 g/mol. The standard InChI is InChI=1S/C11H11N5S/c12-10-14-9(15-11(17)16-10)7-2-1-3-8-6(7)4-5-13-8/h1-5,9,13H,(H4,12,14,15,16,17). The fourth-order valence-electron chi connectivity index (χ4n) is 1.98. The lowest BCUT2D eigenvalue weighted by Gasteiger charge is -2.23. The van der Waals surface area contributed by atoms with Crippen LogP contribution < -0.4 is 16.4 Å². The minimum atomic E-state index is -0.233. The molecule has 1 unspecified atom stereocenters. The van der Waals surface area contributed by atoms with Crippen molar-refractivity contribution in [2.45, 2.75) is 6.17 Å². The van der Waals surface area contributed by atoms with Gasteiger partial charge in [0.15, 0.2) is 17.2 Å². The summed E-state index contributed by atoms with van der Waals surface area (Å²) in [5.74, 6) is 0.339. The van der Waals surface area contributed by atoms with Gasteiger partial charge in [0.1, 0.15) is 0 Å². The highest BCUT2D eigenvalue weighted by molar-refractivity contribution is 7.80. The number of nitrogens with one attached hydrogen (secondary N) is 3. The molecule has 1 aliphatic rings. The van der Waals surface area contributed by atoms with E-state index in [4.69, 9.17) is 18.0 Å². The second kappa shape index (κ2) is 3.74. The summed E-state index contributed by atoms with van der Waals surface area (Å²) in [7, 11) is 0. The summed E-state index contributed by atoms with van der Waals surface area (Å²) in [6, 6.07) is 8.03. The van der Waals surface area contributed by atoms with Gasteiger partial charge < -0.3 is 21.4 Å². The number of benzene rings is 1. The Balaban J connectivity index is 2.12. The van der Waals surface area contributed by atoms with Crippen molar-refractivity contribution in [2.24, 2.45) is 10.7 Å². The van der Waals surface area contributed by atoms with Crippen LogP contribution in [0.15, 0.2) is 35.5 Å². The molecule has 86 valence electrons. The predicted molar refractivity (Wildman–Crippen MR) is 71.5 cm³/mol. The van der Waals surface area contributed by atoms with Gasteiger partial charge in [-0.15, -0.1) is 0 Å². The molecule has 0 radical (unpaired) electrons. The fourth-order valence-corrected chi connectivity index (χ4v) is 2.19. The second-order valence-electron chi connectivity index (χ2n) is 3.80. The molecule has 1 atom stereocenters. The van der Waals surface area contributed by atoms with E-state index in [9.17, 15) is 0 Å². The molecule has 5 N–H and O–H groups in total. The molecule has 0 bridgehead atoms. The van der Waals surface area contributed by atoms with Gasteiger partial charge in [-0.3, -0.25) is 0 Å². The van der Waals surface area contributed by atoms with Gasteiger partial charge in [-0.25, -0.2) is 4.99 Å². The van der Waals surface area contributed by atoms with E-state index in [1.807, 2.05) is 30.5 Å². The van der Waals surface area contributed by atoms with E-state index in [1.165, 1.54) is 0 Å². The first kappa shape index (κ1) is 10.1. The van der Waals surface area contributed by atoms with Crippen LogP contribution in [-0.4, -0.2) is 16.1 Å². The van der Waals surface area contributed by atoms with Gasteiger partial charge >= 0.3 is 0 Å². The first-order valence-corrected chi connectivity index (χ1v) is 5.61. The first-order chi connectivity index (χ1) is 8.24. The van der Waals surface area contributed by atoms with Crippen molar-refractivity contribution >= 4 is 34.2 Å². The van der Waals surface area contributed by atoms with E-state index in [-0.39, 0.29) is 6.17 Å². The molecule has 0 aliphatic carbocycles. The number of hydrogen-bond acceptors (Lipinski definition) is 3. The van der Waals surface area contributed by atoms with Crippen LogP contribution >= 0.6 is 12.2 Å². The number of nitrogens with two attached hydrogens (primary N) is 1. The van der Waals surface area contributed by atoms with Crippen LogP contribution in [0.3, 0.4) is 0 Å². The third-order valence-electron chi connectivity index (χ3n) is 2.70. The predicted octanol–water partition coefficient (Wildman–Crippen LogP) is 0.959. The third-order valence-corrected chi connectivity index (χ3v) is 2.92. The highest BCUT2D eigenvalue weighted by Gasteiger charge is 2.19. The summed E-state index contributed by atoms with van der Waals surface area (Å²) >= 11 is 5.07. The lowest BCUT2D eigenvalue weighted by molar-refractivity contribution is 0.665. The number of rotatable bonds is 1. The SMILES string of the molecule is NC1=NC(c2cccc3[nH]ccc23)NC(=S)N1. The van der Waals surface area contributed by atoms with Crippen LogP contribution in [0, 0.1) is 0 Å². The Morgan fingerprint density at radius 3 is 3.00 bits per heavy atom. The Morgan fingerprint density at radius 2 is 2.18 bits per heavy atom. The van der Waals surface area contributed by atoms with E-state index >= 15 is 0 Å². The van der Waals surface area contributed by atoms with Crippen LogP contribution in [0.25, 0.3) is 10.9 Å². The molecule has 5 nitrogen and oxygen atoms in total. The van der Waals surface area contributed by atoms with Crippen molar-refractivity contribution in [2.75, 3.05) is 0 Å². The summed E-state index contributed by atoms with van der Waals surface area (Å²) < 4.78 is 0. The Kier molecular flexibility index (Phi) is 2.22. The van der Waals surface area contributed by atoms with Crippen molar-refractivity contribution in [1.29, 1.82) is 0 Å². The molecule has 1 aromatic carbocycles. The molecule has 3 rings (SSSR count). The monoisotopic (exact) mass is 245 g/mol. The summed E-state index contributed by atoms with van der Waals surface area (Å²) in [5.41, 5.74) is 7.80. The Bertz CT molecular complexity index is 615. The zero-order valence-corrected chi connectivity index (χ0v) is 9.71. The molecule has 0 fully saturated rings. The highest BCUT2D eigenvalue weighted by atomic mass is 32.1. The van der Waals surface area contributed by atoms with Crippen LogP contribution in [-0.2, 0) is 0 Å². The zero-order valence-electron chi connectivity index (χ0n) is 8.90. The number of aliphatic imine (C=N–C) groups is 1. The van der Waals surface area contributed by atoms with Gasteiger partial charge in [0.25, 0.3) is 0 Å². The van der Waals surface area contributed by atoms with E-state index in [2.05, 4.69) is 20.6 Å². The lowest BCUT2D eigenvalue weighted by atomic mass is 10.1. The van der Waals surface area contributed by atoms with Gasteiger partial charge in [0, 0.05) is 22.7 Å². The molecule has 1 aromatic heterocycles. The summed E-state index contributed by atoms with van der Waals surface area (Å²) in [6.07, 6.45) is 1.67. The van der Waals surface area contributed by atoms with Crippen molar-refractivity contribution in [1.82, 2.24) is 15.6 Å². The number of aromatic amines is 1. The molecular weight excluding hydrogens is 234 g/mol. The molecule has 6 heteroatoms. The van der Waals surface area contributed by atoms with Gasteiger partial charge in [0.2, 0.25) is 0 Å². The fraction of sp³-hybridized carbons (Fsp3) is 0.0909. The van der Waals surface area contributed by atoms with Gasteiger partial charge in [0.05, 0.1) is 0 Å². The highest BCUT2D eigenvalue weighted by Crippen LogP contribution is 2.25. The minimum Gasteiger partial charge on any atom is -0.370 e. The molecule has 0 saturated carbocycles. The number of H-pyrrole nitrogens is 1. The Hall–Kier alpha value is -2.08. The van der Waals surface area contributed by atoms with Gasteiger partial charge in [-0.2, -0.15) is 0 Å². The topological polar surface area (TPSA) is 78.2 Å². The molecule has 0 saturated heterocycles. The second-order valence-corrected chi connectivity index (χ2v) is 4.21. The zero-order chi connectivity index (χ0) is 11.8. The Morgan fingerprint density at radius 1 is 1.29 bits per heavy atom. The summed E-state index contributed by atoms with van der Waals surface area (Å²) in [6.45, 7) is 0. The Labute approximate surface area is 103 Å². The largest absolute Gasteiger partial charge is 0.370 e. The van der Waals surface area contributed by atoms with E-state index in [0.717, 1.165) is 16.5 Å². The van der Waals surface area contributed by atoms with E-state index in [1.54, 1.807) is 0 Å². The molecular formula is C11H11N5S. The van der Waals surface area contributed by atoms with Crippen LogP contribution in [0.5, 0.6) is 0 Å². The molecule has 0 spiro atoms. The third kappa shape index (κ3) is 1.72. The van der Waals surface area contributed by atoms with Crippen molar-refractivity contribution in [3.8, 4) is 0 Å². The van der Waals surface area contributed by atoms with Gasteiger partial charge in [-0.05, 0) is 24.4 Å². The van der Waals surface area contributed by atoms with Crippen LogP contribution in [0.2, 0.25) is 0 Å². The summed E-state index contributed by atoms with van der Waals surface area (Å²) in [4.78, 5) is 7.47. The van der Waals surface area contributed by atoms with Gasteiger partial charge in [-0.1, -0.05) is 12.1 Å². The lowest BCUT2D eigenvalue weighted by Crippen LogP contribution is -2.49. The van der Waals surface area contributed by atoms with E-state index in [0.29, 0.717) is 11.1 Å². The van der Waals surface area contributed by atoms with Crippen molar-refractivity contribution in [3.63, 3.8) is 0 Å². The number of aromatic nitrogens is 1. The normalized spacial score (nSPS) is 19.6. The van der Waals surface area contributed by atoms with E-state index < -0.39 is 0 Å². The number of fused-ring (bicyclic) bond motifs is 1. The minimum absolute atomic E-state index is 0.233.